The first-order valence-corrected chi connectivity index (χ1v) is 4.50. The van der Waals surface area contributed by atoms with Gasteiger partial charge in [0.15, 0.2) is 5.78 Å². The van der Waals surface area contributed by atoms with E-state index >= 15 is 0 Å². The fourth-order valence-electron chi connectivity index (χ4n) is 2.36. The molecule has 3 nitrogen and oxygen atoms in total. The average molecular weight is 198 g/mol. The van der Waals surface area contributed by atoms with Crippen LogP contribution in [0.2, 0.25) is 0 Å². The van der Waals surface area contributed by atoms with Crippen molar-refractivity contribution in [2.75, 3.05) is 0 Å². The predicted molar refractivity (Wildman–Crippen MR) is 43.3 cm³/mol. The predicted octanol–water partition coefficient (Wildman–Crippen LogP) is 1.66. The molecule has 0 bridgehead atoms. The molecule has 0 amide bonds. The maximum Gasteiger partial charge on any atom is 0.282 e. The molecule has 1 saturated carbocycles. The van der Waals surface area contributed by atoms with Crippen molar-refractivity contribution in [3.63, 3.8) is 0 Å². The van der Waals surface area contributed by atoms with Crippen molar-refractivity contribution in [2.45, 2.75) is 18.8 Å². The van der Waals surface area contributed by atoms with Gasteiger partial charge in [0.2, 0.25) is 0 Å². The van der Waals surface area contributed by atoms with E-state index in [-0.39, 0.29) is 23.3 Å². The van der Waals surface area contributed by atoms with Crippen molar-refractivity contribution in [1.82, 2.24) is 9.78 Å². The van der Waals surface area contributed by atoms with Gasteiger partial charge in [-0.2, -0.15) is 5.10 Å². The van der Waals surface area contributed by atoms with Crippen LogP contribution in [0, 0.1) is 5.92 Å². The minimum atomic E-state index is -2.57. The van der Waals surface area contributed by atoms with Gasteiger partial charge in [-0.05, 0) is 12.3 Å². The summed E-state index contributed by atoms with van der Waals surface area (Å²) in [5, 5.41) is 3.71. The van der Waals surface area contributed by atoms with E-state index in [9.17, 15) is 13.6 Å². The van der Waals surface area contributed by atoms with Gasteiger partial charge in [-0.1, -0.05) is 0 Å². The van der Waals surface area contributed by atoms with Crippen LogP contribution in [-0.4, -0.2) is 15.6 Å². The number of fused-ring (bicyclic) bond motifs is 3. The molecule has 0 saturated heterocycles. The standard InChI is InChI=1S/C9H8F2N2O/c1-13-7-5(6(12-13)9(10)11)3-2-4(3)8(7)14/h3-4,9H,2H2,1H3. The van der Waals surface area contributed by atoms with Crippen LogP contribution in [0.4, 0.5) is 8.78 Å². The quantitative estimate of drug-likeness (QED) is 0.687. The number of hydrogen-bond donors (Lipinski definition) is 0. The first-order chi connectivity index (χ1) is 6.61. The molecule has 1 aromatic heterocycles. The van der Waals surface area contributed by atoms with Crippen LogP contribution in [0.5, 0.6) is 0 Å². The number of alkyl halides is 2. The molecular weight excluding hydrogens is 190 g/mol. The van der Waals surface area contributed by atoms with Gasteiger partial charge in [0, 0.05) is 18.5 Å². The van der Waals surface area contributed by atoms with Crippen LogP contribution < -0.4 is 0 Å². The largest absolute Gasteiger partial charge is 0.292 e. The second-order valence-electron chi connectivity index (χ2n) is 3.88. The number of halogens is 2. The summed E-state index contributed by atoms with van der Waals surface area (Å²) in [7, 11) is 1.55. The lowest BCUT2D eigenvalue weighted by Crippen LogP contribution is -2.06. The zero-order valence-electron chi connectivity index (χ0n) is 7.50. The van der Waals surface area contributed by atoms with Crippen LogP contribution in [-0.2, 0) is 7.05 Å². The zero-order valence-corrected chi connectivity index (χ0v) is 7.50. The Morgan fingerprint density at radius 2 is 2.21 bits per heavy atom. The molecule has 5 heteroatoms. The van der Waals surface area contributed by atoms with E-state index in [0.717, 1.165) is 6.42 Å². The minimum absolute atomic E-state index is 0.00750. The van der Waals surface area contributed by atoms with E-state index in [4.69, 9.17) is 0 Å². The summed E-state index contributed by atoms with van der Waals surface area (Å²) >= 11 is 0. The Morgan fingerprint density at radius 1 is 1.50 bits per heavy atom. The van der Waals surface area contributed by atoms with Crippen LogP contribution >= 0.6 is 0 Å². The van der Waals surface area contributed by atoms with Crippen molar-refractivity contribution in [3.05, 3.63) is 17.0 Å². The Hall–Kier alpha value is -1.26. The van der Waals surface area contributed by atoms with Gasteiger partial charge in [0.05, 0.1) is 0 Å². The van der Waals surface area contributed by atoms with Crippen LogP contribution in [0.1, 0.15) is 40.5 Å². The third-order valence-electron chi connectivity index (χ3n) is 3.05. The fraction of sp³-hybridized carbons (Fsp3) is 0.556. The molecule has 2 atom stereocenters. The van der Waals surface area contributed by atoms with Gasteiger partial charge in [-0.3, -0.25) is 9.48 Å². The highest BCUT2D eigenvalue weighted by atomic mass is 19.3. The maximum atomic E-state index is 12.6. The molecular formula is C9H8F2N2O. The van der Waals surface area contributed by atoms with E-state index < -0.39 is 6.43 Å². The number of aromatic nitrogens is 2. The van der Waals surface area contributed by atoms with E-state index in [2.05, 4.69) is 5.10 Å². The first-order valence-electron chi connectivity index (χ1n) is 4.50. The number of hydrogen-bond acceptors (Lipinski definition) is 2. The monoisotopic (exact) mass is 198 g/mol. The molecule has 1 fully saturated rings. The summed E-state index contributed by atoms with van der Waals surface area (Å²) in [5.74, 6) is 0.00815. The van der Waals surface area contributed by atoms with Crippen LogP contribution in [0.25, 0.3) is 0 Å². The Labute approximate surface area is 78.7 Å². The van der Waals surface area contributed by atoms with Crippen molar-refractivity contribution in [2.24, 2.45) is 13.0 Å². The number of rotatable bonds is 1. The molecule has 0 spiro atoms. The summed E-state index contributed by atoms with van der Waals surface area (Å²) in [5.41, 5.74) is 0.722. The molecule has 1 aromatic rings. The molecule has 14 heavy (non-hydrogen) atoms. The van der Waals surface area contributed by atoms with Gasteiger partial charge >= 0.3 is 0 Å². The van der Waals surface area contributed by atoms with Crippen molar-refractivity contribution >= 4 is 5.78 Å². The second-order valence-corrected chi connectivity index (χ2v) is 3.88. The van der Waals surface area contributed by atoms with E-state index in [1.807, 2.05) is 0 Å². The molecule has 74 valence electrons. The molecule has 3 rings (SSSR count). The highest BCUT2D eigenvalue weighted by Gasteiger charge is 2.55. The lowest BCUT2D eigenvalue weighted by Gasteiger charge is -1.96. The van der Waals surface area contributed by atoms with Gasteiger partial charge in [-0.25, -0.2) is 8.78 Å². The van der Waals surface area contributed by atoms with E-state index in [1.54, 1.807) is 7.05 Å². The summed E-state index contributed by atoms with van der Waals surface area (Å²) in [6, 6.07) is 0. The van der Waals surface area contributed by atoms with Crippen molar-refractivity contribution in [3.8, 4) is 0 Å². The normalized spacial score (nSPS) is 28.1. The van der Waals surface area contributed by atoms with Gasteiger partial charge < -0.3 is 0 Å². The Balaban J connectivity index is 2.24. The highest BCUT2D eigenvalue weighted by molar-refractivity contribution is 6.04. The molecule has 0 radical (unpaired) electrons. The topological polar surface area (TPSA) is 34.9 Å². The van der Waals surface area contributed by atoms with E-state index in [0.29, 0.717) is 11.3 Å². The third-order valence-corrected chi connectivity index (χ3v) is 3.05. The molecule has 0 aliphatic heterocycles. The van der Waals surface area contributed by atoms with Gasteiger partial charge in [0.25, 0.3) is 6.43 Å². The number of nitrogens with zero attached hydrogens (tertiary/aromatic N) is 2. The molecule has 2 unspecified atom stereocenters. The first kappa shape index (κ1) is 8.08. The highest BCUT2D eigenvalue weighted by Crippen LogP contribution is 2.57. The lowest BCUT2D eigenvalue weighted by atomic mass is 10.1. The van der Waals surface area contributed by atoms with Crippen LogP contribution in [0.15, 0.2) is 0 Å². The SMILES string of the molecule is Cn1nc(C(F)F)c2c1C(=O)C1CC21. The fourth-order valence-corrected chi connectivity index (χ4v) is 2.36. The Morgan fingerprint density at radius 3 is 2.86 bits per heavy atom. The van der Waals surface area contributed by atoms with E-state index in [1.165, 1.54) is 4.68 Å². The third kappa shape index (κ3) is 0.755. The van der Waals surface area contributed by atoms with Crippen molar-refractivity contribution < 1.29 is 13.6 Å². The zero-order chi connectivity index (χ0) is 10.0. The Bertz CT molecular complexity index is 438. The summed E-state index contributed by atoms with van der Waals surface area (Å²) in [6.45, 7) is 0. The molecule has 2 aliphatic carbocycles. The number of Topliss-reactive ketones (excluding diaryl/α,β-unsaturated/α-hetero) is 1. The number of carbonyl (C=O) groups excluding carboxylic acids is 1. The number of carbonyl (C=O) groups is 1. The summed E-state index contributed by atoms with van der Waals surface area (Å²) < 4.78 is 26.4. The van der Waals surface area contributed by atoms with Crippen molar-refractivity contribution in [1.29, 1.82) is 0 Å². The number of aryl methyl sites for hydroxylation is 1. The number of ketones is 1. The summed E-state index contributed by atoms with van der Waals surface area (Å²) in [4.78, 5) is 11.6. The minimum Gasteiger partial charge on any atom is -0.292 e. The van der Waals surface area contributed by atoms with Crippen LogP contribution in [0.3, 0.4) is 0 Å². The molecule has 1 heterocycles. The molecule has 0 N–H and O–H groups in total. The second kappa shape index (κ2) is 2.21. The smallest absolute Gasteiger partial charge is 0.282 e. The maximum absolute atomic E-state index is 12.6. The average Bonchev–Trinajstić information content (AvgIpc) is 2.75. The Kier molecular flexibility index (Phi) is 1.28. The van der Waals surface area contributed by atoms with Gasteiger partial charge in [-0.15, -0.1) is 0 Å². The summed E-state index contributed by atoms with van der Waals surface area (Å²) in [6.07, 6.45) is -1.84. The molecule has 2 aliphatic rings. The lowest BCUT2D eigenvalue weighted by molar-refractivity contribution is 0.0964. The molecule has 0 aromatic carbocycles. The van der Waals surface area contributed by atoms with Gasteiger partial charge in [0.1, 0.15) is 11.4 Å².